The van der Waals surface area contributed by atoms with Crippen LogP contribution in [-0.4, -0.2) is 67.8 Å². The second-order valence-electron chi connectivity index (χ2n) is 10.2. The van der Waals surface area contributed by atoms with E-state index in [2.05, 4.69) is 30.0 Å². The molecule has 0 spiro atoms. The molecule has 45 heavy (non-hydrogen) atoms. The molecule has 4 aromatic rings. The highest BCUT2D eigenvalue weighted by molar-refractivity contribution is 7.92. The number of nitrogens with one attached hydrogen (secondary N) is 1. The van der Waals surface area contributed by atoms with E-state index in [1.807, 2.05) is 13.8 Å². The lowest BCUT2D eigenvalue weighted by atomic mass is 10.0. The minimum absolute atomic E-state index is 0.0751. The Morgan fingerprint density at radius 1 is 1.04 bits per heavy atom. The van der Waals surface area contributed by atoms with E-state index in [4.69, 9.17) is 4.74 Å². The molecule has 1 aliphatic rings. The molecule has 0 radical (unpaired) electrons. The van der Waals surface area contributed by atoms with Gasteiger partial charge in [-0.2, -0.15) is 21.6 Å². The third-order valence-corrected chi connectivity index (χ3v) is 8.59. The molecule has 0 aliphatic carbocycles. The van der Waals surface area contributed by atoms with Crippen LogP contribution in [0.2, 0.25) is 0 Å². The van der Waals surface area contributed by atoms with Crippen molar-refractivity contribution < 1.29 is 44.7 Å². The van der Waals surface area contributed by atoms with Crippen LogP contribution in [0.25, 0.3) is 22.0 Å². The molecular formula is C28H25F5N6O5S. The average Bonchev–Trinajstić information content (AvgIpc) is 2.99. The Bertz CT molecular complexity index is 1880. The fourth-order valence-corrected chi connectivity index (χ4v) is 6.06. The largest absolute Gasteiger partial charge is 0.493 e. The van der Waals surface area contributed by atoms with E-state index in [1.54, 1.807) is 18.2 Å². The topological polar surface area (TPSA) is 127 Å². The van der Waals surface area contributed by atoms with Gasteiger partial charge in [0.15, 0.2) is 5.69 Å². The summed E-state index contributed by atoms with van der Waals surface area (Å²) in [4.78, 5) is 29.9. The van der Waals surface area contributed by atoms with E-state index in [9.17, 15) is 35.2 Å². The van der Waals surface area contributed by atoms with Gasteiger partial charge < -0.3 is 19.8 Å². The number of sulfonamides is 1. The maximum absolute atomic E-state index is 14.6. The summed E-state index contributed by atoms with van der Waals surface area (Å²) in [6, 6.07) is 7.50. The van der Waals surface area contributed by atoms with Crippen molar-refractivity contribution >= 4 is 38.4 Å². The van der Waals surface area contributed by atoms with E-state index in [1.165, 1.54) is 12.5 Å². The number of carbonyl (C=O) groups is 1. The van der Waals surface area contributed by atoms with Gasteiger partial charge in [-0.15, -0.1) is 0 Å². The molecule has 1 N–H and O–H groups in total. The Labute approximate surface area is 253 Å². The molecule has 0 bridgehead atoms. The molecule has 2 atom stereocenters. The summed E-state index contributed by atoms with van der Waals surface area (Å²) in [6.07, 6.45) is -2.98. The zero-order valence-electron chi connectivity index (χ0n) is 23.8. The van der Waals surface area contributed by atoms with Crippen LogP contribution >= 0.6 is 0 Å². The first kappa shape index (κ1) is 31.8. The van der Waals surface area contributed by atoms with Gasteiger partial charge in [-0.05, 0) is 49.7 Å². The van der Waals surface area contributed by atoms with Gasteiger partial charge in [0.05, 0.1) is 12.6 Å². The van der Waals surface area contributed by atoms with Crippen LogP contribution in [0, 0.1) is 11.6 Å². The lowest BCUT2D eigenvalue weighted by Crippen LogP contribution is -2.54. The van der Waals surface area contributed by atoms with Gasteiger partial charge in [-0.1, -0.05) is 10.5 Å². The van der Waals surface area contributed by atoms with E-state index in [0.717, 1.165) is 13.2 Å². The number of anilines is 2. The molecule has 0 amide bonds. The van der Waals surface area contributed by atoms with Gasteiger partial charge >= 0.3 is 12.1 Å². The second kappa shape index (κ2) is 12.0. The predicted octanol–water partition coefficient (Wildman–Crippen LogP) is 4.38. The maximum atomic E-state index is 14.6. The summed E-state index contributed by atoms with van der Waals surface area (Å²) in [7, 11) is -4.42. The number of alkyl halides is 3. The van der Waals surface area contributed by atoms with Crippen molar-refractivity contribution in [1.82, 2.24) is 20.3 Å². The maximum Gasteiger partial charge on any atom is 0.493 e. The predicted molar refractivity (Wildman–Crippen MR) is 152 cm³/mol. The Morgan fingerprint density at radius 3 is 2.49 bits per heavy atom. The van der Waals surface area contributed by atoms with Crippen LogP contribution in [0.3, 0.4) is 0 Å². The molecule has 1 aliphatic heterocycles. The molecular weight excluding hydrogens is 627 g/mol. The summed E-state index contributed by atoms with van der Waals surface area (Å²) in [5.41, 5.74) is 0.328. The molecule has 5 rings (SSSR count). The Kier molecular flexibility index (Phi) is 8.50. The van der Waals surface area contributed by atoms with E-state index >= 15 is 0 Å². The molecule has 0 saturated carbocycles. The van der Waals surface area contributed by atoms with Crippen LogP contribution in [0.4, 0.5) is 33.5 Å². The number of hydrogen-bond donors (Lipinski definition) is 1. The fourth-order valence-electron chi connectivity index (χ4n) is 4.78. The number of nitrogens with zero attached hydrogens (tertiary/aromatic N) is 5. The summed E-state index contributed by atoms with van der Waals surface area (Å²) in [6.45, 7) is 5.40. The standard InChI is InChI=1S/C28H25F5N6O5S/c1-15-13-38(16(2)11-34-15)25-20-8-17(4-6-22(20)36-14-37-25)18-9-23(26(43-3)35-12-18)39(44-27(40)28(31,32)33)45(41,42)24-7-5-19(29)10-21(24)30/h4-10,12,14-16,34H,11,13H2,1-3H3/t15-,16+/m1/s1. The lowest BCUT2D eigenvalue weighted by molar-refractivity contribution is -0.199. The summed E-state index contributed by atoms with van der Waals surface area (Å²) < 4.78 is 99.7. The number of methoxy groups -OCH3 is 1. The monoisotopic (exact) mass is 652 g/mol. The van der Waals surface area contributed by atoms with E-state index < -0.39 is 54.7 Å². The highest BCUT2D eigenvalue weighted by Gasteiger charge is 2.46. The number of ether oxygens (including phenoxy) is 1. The zero-order valence-corrected chi connectivity index (χ0v) is 24.7. The minimum Gasteiger partial charge on any atom is -0.479 e. The van der Waals surface area contributed by atoms with Crippen molar-refractivity contribution in [3.63, 3.8) is 0 Å². The quantitative estimate of drug-likeness (QED) is 0.227. The molecule has 3 heterocycles. The van der Waals surface area contributed by atoms with Gasteiger partial charge in [-0.3, -0.25) is 0 Å². The first-order valence-electron chi connectivity index (χ1n) is 13.3. The molecule has 238 valence electrons. The zero-order chi connectivity index (χ0) is 32.7. The molecule has 2 aromatic heterocycles. The van der Waals surface area contributed by atoms with Gasteiger partial charge in [0.2, 0.25) is 5.88 Å². The Morgan fingerprint density at radius 2 is 1.80 bits per heavy atom. The summed E-state index contributed by atoms with van der Waals surface area (Å²) in [5, 5.41) is 4.01. The number of benzene rings is 2. The molecule has 2 aromatic carbocycles. The molecule has 17 heteroatoms. The summed E-state index contributed by atoms with van der Waals surface area (Å²) in [5.74, 6) is -5.71. The SMILES string of the molecule is COc1ncc(-c2ccc3ncnc(N4C[C@@H](C)NC[C@@H]4C)c3c2)cc1N(OC(=O)C(F)(F)F)S(=O)(=O)c1ccc(F)cc1F. The molecule has 11 nitrogen and oxygen atoms in total. The fraction of sp³-hybridized carbons (Fsp3) is 0.286. The number of pyridine rings is 1. The first-order chi connectivity index (χ1) is 21.2. The van der Waals surface area contributed by atoms with Crippen molar-refractivity contribution in [3.05, 3.63) is 66.6 Å². The highest BCUT2D eigenvalue weighted by Crippen LogP contribution is 2.38. The minimum atomic E-state index is -5.65. The number of hydrogen-bond acceptors (Lipinski definition) is 10. The number of fused-ring (bicyclic) bond motifs is 1. The molecule has 1 saturated heterocycles. The number of piperazine rings is 1. The van der Waals surface area contributed by atoms with Crippen LogP contribution in [0.5, 0.6) is 5.88 Å². The average molecular weight is 653 g/mol. The van der Waals surface area contributed by atoms with Crippen molar-refractivity contribution in [1.29, 1.82) is 0 Å². The van der Waals surface area contributed by atoms with E-state index in [-0.39, 0.29) is 23.7 Å². The van der Waals surface area contributed by atoms with Crippen LogP contribution in [0.15, 0.2) is 59.9 Å². The van der Waals surface area contributed by atoms with Gasteiger partial charge in [-0.25, -0.2) is 28.5 Å². The third kappa shape index (κ3) is 6.30. The van der Waals surface area contributed by atoms with Crippen molar-refractivity contribution in [3.8, 4) is 17.0 Å². The number of rotatable bonds is 7. The normalized spacial score (nSPS) is 17.3. The van der Waals surface area contributed by atoms with E-state index in [0.29, 0.717) is 47.5 Å². The van der Waals surface area contributed by atoms with Crippen LogP contribution in [0.1, 0.15) is 13.8 Å². The van der Waals surface area contributed by atoms with Crippen LogP contribution in [-0.2, 0) is 19.7 Å². The number of aromatic nitrogens is 3. The Hall–Kier alpha value is -4.64. The van der Waals surface area contributed by atoms with Gasteiger partial charge in [0, 0.05) is 48.4 Å². The summed E-state index contributed by atoms with van der Waals surface area (Å²) >= 11 is 0. The van der Waals surface area contributed by atoms with Gasteiger partial charge in [0.1, 0.15) is 28.7 Å². The van der Waals surface area contributed by atoms with Crippen molar-refractivity contribution in [2.75, 3.05) is 29.6 Å². The molecule has 1 fully saturated rings. The van der Waals surface area contributed by atoms with Crippen molar-refractivity contribution in [2.24, 2.45) is 0 Å². The highest BCUT2D eigenvalue weighted by atomic mass is 32.2. The molecule has 0 unspecified atom stereocenters. The second-order valence-corrected chi connectivity index (χ2v) is 11.9. The number of halogens is 5. The number of carbonyl (C=O) groups excluding carboxylic acids is 1. The first-order valence-corrected chi connectivity index (χ1v) is 14.7. The van der Waals surface area contributed by atoms with Crippen molar-refractivity contribution in [2.45, 2.75) is 37.0 Å². The van der Waals surface area contributed by atoms with Crippen LogP contribution < -0.4 is 19.4 Å². The van der Waals surface area contributed by atoms with Gasteiger partial charge in [0.25, 0.3) is 10.0 Å². The Balaban J connectivity index is 1.66. The smallest absolute Gasteiger partial charge is 0.479 e. The lowest BCUT2D eigenvalue weighted by Gasteiger charge is -2.38. The third-order valence-electron chi connectivity index (χ3n) is 6.99.